The molecule has 5 heteroatoms. The fourth-order valence-corrected chi connectivity index (χ4v) is 1.29. The number of hydrogen-bond acceptors (Lipinski definition) is 4. The van der Waals surface area contributed by atoms with Crippen molar-refractivity contribution in [1.82, 2.24) is 0 Å². The number of hydrogen-bond donors (Lipinski definition) is 0. The lowest BCUT2D eigenvalue weighted by Gasteiger charge is -2.23. The van der Waals surface area contributed by atoms with Gasteiger partial charge in [-0.25, -0.2) is 0 Å². The molecule has 0 atom stereocenters. The van der Waals surface area contributed by atoms with E-state index in [2.05, 4.69) is 21.1 Å². The van der Waals surface area contributed by atoms with Crippen molar-refractivity contribution >= 4 is 0 Å². The maximum Gasteiger partial charge on any atom is 0.102 e. The van der Waals surface area contributed by atoms with E-state index in [0.717, 1.165) is 17.6 Å². The lowest BCUT2D eigenvalue weighted by Crippen LogP contribution is -2.37. The number of quaternary nitrogens is 1. The van der Waals surface area contributed by atoms with E-state index in [-0.39, 0.29) is 5.60 Å². The predicted molar refractivity (Wildman–Crippen MR) is 81.1 cm³/mol. The number of nitrogens with zero attached hydrogens (tertiary/aromatic N) is 1. The largest absolute Gasteiger partial charge is 0.377 e. The number of ether oxygens (including phenoxy) is 4. The van der Waals surface area contributed by atoms with Crippen LogP contribution < -0.4 is 0 Å². The first kappa shape index (κ1) is 19.8. The molecular formula is C15H34NO4+. The van der Waals surface area contributed by atoms with Gasteiger partial charge in [0.15, 0.2) is 0 Å². The van der Waals surface area contributed by atoms with E-state index >= 15 is 0 Å². The second-order valence-corrected chi connectivity index (χ2v) is 6.81. The summed E-state index contributed by atoms with van der Waals surface area (Å²) in [6, 6.07) is 0. The Bertz CT molecular complexity index is 197. The summed E-state index contributed by atoms with van der Waals surface area (Å²) in [6.07, 6.45) is 0. The first-order valence-electron chi connectivity index (χ1n) is 7.38. The van der Waals surface area contributed by atoms with Crippen molar-refractivity contribution in [3.05, 3.63) is 0 Å². The minimum absolute atomic E-state index is 0.0943. The van der Waals surface area contributed by atoms with Crippen molar-refractivity contribution in [3.8, 4) is 0 Å². The molecule has 0 aliphatic rings. The van der Waals surface area contributed by atoms with Crippen molar-refractivity contribution in [1.29, 1.82) is 0 Å². The van der Waals surface area contributed by atoms with E-state index in [4.69, 9.17) is 18.9 Å². The van der Waals surface area contributed by atoms with Crippen LogP contribution in [0.5, 0.6) is 0 Å². The fraction of sp³-hybridized carbons (Fsp3) is 1.00. The molecule has 0 aromatic carbocycles. The highest BCUT2D eigenvalue weighted by Gasteiger charge is 2.08. The zero-order chi connectivity index (χ0) is 15.5. The van der Waals surface area contributed by atoms with Gasteiger partial charge in [-0.2, -0.15) is 0 Å². The highest BCUT2D eigenvalue weighted by Crippen LogP contribution is 2.05. The Morgan fingerprint density at radius 3 is 1.45 bits per heavy atom. The molecule has 0 aromatic rings. The predicted octanol–water partition coefficient (Wildman–Crippen LogP) is 1.56. The van der Waals surface area contributed by atoms with Gasteiger partial charge in [-0.15, -0.1) is 0 Å². The quantitative estimate of drug-likeness (QED) is 0.404. The Labute approximate surface area is 124 Å². The zero-order valence-electron chi connectivity index (χ0n) is 14.2. The van der Waals surface area contributed by atoms with Gasteiger partial charge in [0.1, 0.15) is 6.54 Å². The maximum absolute atomic E-state index is 5.54. The minimum atomic E-state index is -0.0943. The Morgan fingerprint density at radius 2 is 1.05 bits per heavy atom. The monoisotopic (exact) mass is 292 g/mol. The van der Waals surface area contributed by atoms with Crippen LogP contribution in [0.3, 0.4) is 0 Å². The lowest BCUT2D eigenvalue weighted by atomic mass is 10.2. The van der Waals surface area contributed by atoms with Gasteiger partial charge in [-0.1, -0.05) is 0 Å². The second kappa shape index (κ2) is 10.5. The summed E-state index contributed by atoms with van der Waals surface area (Å²) in [4.78, 5) is 0. The van der Waals surface area contributed by atoms with E-state index in [1.807, 2.05) is 20.8 Å². The van der Waals surface area contributed by atoms with Gasteiger partial charge in [0.25, 0.3) is 0 Å². The molecule has 0 aromatic heterocycles. The van der Waals surface area contributed by atoms with Gasteiger partial charge in [0, 0.05) is 0 Å². The normalized spacial score (nSPS) is 12.9. The van der Waals surface area contributed by atoms with Gasteiger partial charge in [-0.05, 0) is 20.8 Å². The van der Waals surface area contributed by atoms with Crippen LogP contribution in [0.25, 0.3) is 0 Å². The molecule has 5 nitrogen and oxygen atoms in total. The van der Waals surface area contributed by atoms with E-state index in [1.54, 1.807) is 0 Å². The van der Waals surface area contributed by atoms with Crippen molar-refractivity contribution in [3.63, 3.8) is 0 Å². The average molecular weight is 292 g/mol. The molecule has 0 saturated heterocycles. The highest BCUT2D eigenvalue weighted by atomic mass is 16.6. The molecule has 0 aliphatic carbocycles. The van der Waals surface area contributed by atoms with Crippen molar-refractivity contribution < 1.29 is 23.4 Å². The van der Waals surface area contributed by atoms with E-state index in [1.165, 1.54) is 0 Å². The van der Waals surface area contributed by atoms with Crippen LogP contribution in [0.15, 0.2) is 0 Å². The molecule has 122 valence electrons. The van der Waals surface area contributed by atoms with Crippen molar-refractivity contribution in [2.45, 2.75) is 26.4 Å². The molecule has 0 heterocycles. The third-order valence-electron chi connectivity index (χ3n) is 2.41. The summed E-state index contributed by atoms with van der Waals surface area (Å²) >= 11 is 0. The molecule has 0 spiro atoms. The molecule has 0 aliphatic heterocycles. The number of likely N-dealkylation sites (N-methyl/N-ethyl adjacent to an activating group) is 1. The first-order valence-corrected chi connectivity index (χ1v) is 7.38. The van der Waals surface area contributed by atoms with Crippen LogP contribution in [-0.4, -0.2) is 84.0 Å². The molecule has 0 rings (SSSR count). The summed E-state index contributed by atoms with van der Waals surface area (Å²) in [5.74, 6) is 0. The summed E-state index contributed by atoms with van der Waals surface area (Å²) in [5.41, 5.74) is -0.0943. The van der Waals surface area contributed by atoms with E-state index in [0.29, 0.717) is 39.6 Å². The van der Waals surface area contributed by atoms with Gasteiger partial charge in [0.05, 0.1) is 73.0 Å². The summed E-state index contributed by atoms with van der Waals surface area (Å²) in [7, 11) is 6.46. The van der Waals surface area contributed by atoms with Crippen LogP contribution in [0.4, 0.5) is 0 Å². The zero-order valence-corrected chi connectivity index (χ0v) is 14.2. The summed E-state index contributed by atoms with van der Waals surface area (Å²) < 4.78 is 22.8. The Balaban J connectivity index is 3.10. The van der Waals surface area contributed by atoms with Crippen molar-refractivity contribution in [2.75, 3.05) is 73.9 Å². The van der Waals surface area contributed by atoms with Gasteiger partial charge in [0.2, 0.25) is 0 Å². The smallest absolute Gasteiger partial charge is 0.102 e. The molecule has 0 radical (unpaired) electrons. The molecule has 0 saturated carbocycles. The topological polar surface area (TPSA) is 36.9 Å². The lowest BCUT2D eigenvalue weighted by molar-refractivity contribution is -0.870. The molecule has 20 heavy (non-hydrogen) atoms. The Morgan fingerprint density at radius 1 is 0.650 bits per heavy atom. The molecule has 0 amide bonds. The van der Waals surface area contributed by atoms with Crippen LogP contribution in [0.1, 0.15) is 20.8 Å². The molecule has 0 unspecified atom stereocenters. The first-order chi connectivity index (χ1) is 9.21. The van der Waals surface area contributed by atoms with Gasteiger partial charge < -0.3 is 23.4 Å². The average Bonchev–Trinajstić information content (AvgIpc) is 2.27. The van der Waals surface area contributed by atoms with Crippen LogP contribution in [0.2, 0.25) is 0 Å². The van der Waals surface area contributed by atoms with Gasteiger partial charge >= 0.3 is 0 Å². The van der Waals surface area contributed by atoms with Gasteiger partial charge in [-0.3, -0.25) is 0 Å². The third kappa shape index (κ3) is 17.8. The summed E-state index contributed by atoms with van der Waals surface area (Å²) in [6.45, 7) is 11.6. The molecule has 0 fully saturated rings. The highest BCUT2D eigenvalue weighted by molar-refractivity contribution is 4.57. The third-order valence-corrected chi connectivity index (χ3v) is 2.41. The maximum atomic E-state index is 5.54. The Hall–Kier alpha value is -0.200. The van der Waals surface area contributed by atoms with Crippen molar-refractivity contribution in [2.24, 2.45) is 0 Å². The minimum Gasteiger partial charge on any atom is -0.377 e. The fourth-order valence-electron chi connectivity index (χ4n) is 1.29. The molecule has 0 bridgehead atoms. The standard InChI is InChI=1S/C15H34NO4/c1-15(2,3)20-14-13-19-12-11-18-10-9-17-8-7-16(4,5)6/h7-14H2,1-6H3/q+1. The SMILES string of the molecule is CC(C)(C)OCCOCCOCCOCC[N+](C)(C)C. The molecular weight excluding hydrogens is 258 g/mol. The van der Waals surface area contributed by atoms with Crippen LogP contribution >= 0.6 is 0 Å². The summed E-state index contributed by atoms with van der Waals surface area (Å²) in [5, 5.41) is 0. The number of rotatable bonds is 12. The van der Waals surface area contributed by atoms with Crippen LogP contribution in [0, 0.1) is 0 Å². The van der Waals surface area contributed by atoms with E-state index < -0.39 is 0 Å². The second-order valence-electron chi connectivity index (χ2n) is 6.81. The Kier molecular flexibility index (Phi) is 10.4. The van der Waals surface area contributed by atoms with E-state index in [9.17, 15) is 0 Å². The molecule has 0 N–H and O–H groups in total. The van der Waals surface area contributed by atoms with Crippen LogP contribution in [-0.2, 0) is 18.9 Å².